The summed E-state index contributed by atoms with van der Waals surface area (Å²) in [5, 5.41) is 12.6. The highest BCUT2D eigenvalue weighted by atomic mass is 16.7. The van der Waals surface area contributed by atoms with Crippen LogP contribution >= 0.6 is 0 Å². The fourth-order valence-electron chi connectivity index (χ4n) is 6.77. The van der Waals surface area contributed by atoms with Crippen molar-refractivity contribution in [2.24, 2.45) is 0 Å². The van der Waals surface area contributed by atoms with E-state index in [1.54, 1.807) is 24.5 Å². The number of aliphatic hydroxyl groups is 1. The quantitative estimate of drug-likeness (QED) is 0.166. The molecule has 4 aromatic carbocycles. The maximum atomic E-state index is 12.5. The molecule has 0 saturated carbocycles. The van der Waals surface area contributed by atoms with Gasteiger partial charge in [0.2, 0.25) is 0 Å². The first kappa shape index (κ1) is 33.8. The largest absolute Gasteiger partial charge is 0.392 e. The van der Waals surface area contributed by atoms with Crippen LogP contribution in [0.2, 0.25) is 0 Å². The van der Waals surface area contributed by atoms with E-state index in [2.05, 4.69) is 99.0 Å². The summed E-state index contributed by atoms with van der Waals surface area (Å²) in [6.07, 6.45) is 3.38. The molecule has 0 radical (unpaired) electrons. The molecule has 256 valence electrons. The number of pyridine rings is 1. The van der Waals surface area contributed by atoms with E-state index < -0.39 is 6.29 Å². The summed E-state index contributed by atoms with van der Waals surface area (Å²) >= 11 is 0. The van der Waals surface area contributed by atoms with E-state index in [0.717, 1.165) is 79.1 Å². The first-order chi connectivity index (χ1) is 24.6. The Morgan fingerprint density at radius 2 is 1.48 bits per heavy atom. The van der Waals surface area contributed by atoms with Gasteiger partial charge in [-0.2, -0.15) is 0 Å². The van der Waals surface area contributed by atoms with E-state index in [4.69, 9.17) is 9.47 Å². The van der Waals surface area contributed by atoms with Crippen molar-refractivity contribution in [1.82, 2.24) is 20.1 Å². The number of ether oxygens (including phenoxy) is 2. The zero-order valence-electron chi connectivity index (χ0n) is 28.2. The van der Waals surface area contributed by atoms with E-state index in [9.17, 15) is 9.90 Å². The molecule has 0 aliphatic carbocycles. The monoisotopic (exact) mass is 668 g/mol. The zero-order valence-corrected chi connectivity index (χ0v) is 28.2. The van der Waals surface area contributed by atoms with Gasteiger partial charge in [-0.1, -0.05) is 97.1 Å². The van der Waals surface area contributed by atoms with Gasteiger partial charge in [0.25, 0.3) is 5.91 Å². The minimum atomic E-state index is -0.501. The number of aromatic nitrogens is 1. The minimum absolute atomic E-state index is 0.00942. The normalized spacial score (nSPS) is 20.0. The molecule has 0 spiro atoms. The lowest BCUT2D eigenvalue weighted by Gasteiger charge is -2.40. The third kappa shape index (κ3) is 8.71. The maximum absolute atomic E-state index is 12.5. The van der Waals surface area contributed by atoms with Gasteiger partial charge in [0.15, 0.2) is 6.29 Å². The number of hydrogen-bond acceptors (Lipinski definition) is 7. The Labute approximate surface area is 294 Å². The molecule has 2 fully saturated rings. The van der Waals surface area contributed by atoms with Crippen LogP contribution in [0, 0.1) is 0 Å². The van der Waals surface area contributed by atoms with Crippen molar-refractivity contribution >= 4 is 5.91 Å². The Morgan fingerprint density at radius 3 is 2.22 bits per heavy atom. The summed E-state index contributed by atoms with van der Waals surface area (Å²) < 4.78 is 13.3. The van der Waals surface area contributed by atoms with Gasteiger partial charge in [-0.15, -0.1) is 0 Å². The second kappa shape index (κ2) is 16.3. The van der Waals surface area contributed by atoms with Gasteiger partial charge in [0.1, 0.15) is 0 Å². The molecule has 8 heteroatoms. The van der Waals surface area contributed by atoms with Crippen LogP contribution in [-0.4, -0.2) is 64.6 Å². The van der Waals surface area contributed by atoms with E-state index in [0.29, 0.717) is 12.1 Å². The fourth-order valence-corrected chi connectivity index (χ4v) is 6.77. The number of carbonyl (C=O) groups excluding carboxylic acids is 1. The topological polar surface area (TPSA) is 87.2 Å². The molecular formula is C42H44N4O4. The SMILES string of the molecule is O=C(NCc1cccc(-c2ccc([C@H]3O[C@@H](CN4CCN(Cc5ccccc5)CC4)C[C@@H](c4ccc(CO)cc4)O3)cc2)c1)c1cccnc1. The predicted molar refractivity (Wildman–Crippen MR) is 194 cm³/mol. The first-order valence-corrected chi connectivity index (χ1v) is 17.5. The average Bonchev–Trinajstić information content (AvgIpc) is 3.18. The molecule has 2 aliphatic heterocycles. The Kier molecular flexibility index (Phi) is 11.0. The summed E-state index contributed by atoms with van der Waals surface area (Å²) in [6, 6.07) is 38.9. The van der Waals surface area contributed by atoms with Crippen LogP contribution in [0.1, 0.15) is 57.0 Å². The van der Waals surface area contributed by atoms with Crippen molar-refractivity contribution in [2.75, 3.05) is 32.7 Å². The summed E-state index contributed by atoms with van der Waals surface area (Å²) in [6.45, 7) is 6.37. The first-order valence-electron chi connectivity index (χ1n) is 17.5. The van der Waals surface area contributed by atoms with Gasteiger partial charge in [-0.3, -0.25) is 19.6 Å². The molecule has 2 aliphatic rings. The van der Waals surface area contributed by atoms with Crippen LogP contribution in [0.15, 0.2) is 128 Å². The lowest BCUT2D eigenvalue weighted by molar-refractivity contribution is -0.253. The average molecular weight is 669 g/mol. The van der Waals surface area contributed by atoms with E-state index in [1.165, 1.54) is 5.56 Å². The van der Waals surface area contributed by atoms with Gasteiger partial charge >= 0.3 is 0 Å². The number of benzene rings is 4. The molecule has 1 aromatic heterocycles. The van der Waals surface area contributed by atoms with E-state index in [-0.39, 0.29) is 24.7 Å². The molecule has 7 rings (SSSR count). The number of piperazine rings is 1. The number of amides is 1. The molecule has 1 amide bonds. The highest BCUT2D eigenvalue weighted by Gasteiger charge is 2.33. The summed E-state index contributed by atoms with van der Waals surface area (Å²) in [4.78, 5) is 21.6. The number of aliphatic hydroxyl groups excluding tert-OH is 1. The maximum Gasteiger partial charge on any atom is 0.253 e. The Hall–Kier alpha value is -4.70. The van der Waals surface area contributed by atoms with Crippen LogP contribution in [-0.2, 0) is 29.2 Å². The lowest BCUT2D eigenvalue weighted by Crippen LogP contribution is -2.49. The second-order valence-corrected chi connectivity index (χ2v) is 13.2. The Bertz CT molecular complexity index is 1810. The number of nitrogens with one attached hydrogen (secondary N) is 1. The van der Waals surface area contributed by atoms with Crippen molar-refractivity contribution < 1.29 is 19.4 Å². The lowest BCUT2D eigenvalue weighted by atomic mass is 9.98. The van der Waals surface area contributed by atoms with Gasteiger partial charge in [-0.25, -0.2) is 0 Å². The van der Waals surface area contributed by atoms with Crippen LogP contribution in [0.3, 0.4) is 0 Å². The van der Waals surface area contributed by atoms with Crippen molar-refractivity contribution in [3.8, 4) is 11.1 Å². The van der Waals surface area contributed by atoms with E-state index >= 15 is 0 Å². The summed E-state index contributed by atoms with van der Waals surface area (Å²) in [5.74, 6) is -0.147. The van der Waals surface area contributed by atoms with E-state index in [1.807, 2.05) is 24.3 Å². The Balaban J connectivity index is 1.01. The van der Waals surface area contributed by atoms with Gasteiger partial charge in [0, 0.05) is 70.2 Å². The molecule has 8 nitrogen and oxygen atoms in total. The summed E-state index contributed by atoms with van der Waals surface area (Å²) in [5.41, 5.74) is 8.02. The third-order valence-corrected chi connectivity index (χ3v) is 9.61. The highest BCUT2D eigenvalue weighted by molar-refractivity contribution is 5.93. The molecule has 2 N–H and O–H groups in total. The Morgan fingerprint density at radius 1 is 0.740 bits per heavy atom. The van der Waals surface area contributed by atoms with Crippen molar-refractivity contribution in [3.05, 3.63) is 161 Å². The molecule has 50 heavy (non-hydrogen) atoms. The third-order valence-electron chi connectivity index (χ3n) is 9.61. The highest BCUT2D eigenvalue weighted by Crippen LogP contribution is 2.39. The van der Waals surface area contributed by atoms with Gasteiger partial charge in [0.05, 0.1) is 24.4 Å². The fraction of sp³-hybridized carbons (Fsp3) is 0.286. The van der Waals surface area contributed by atoms with Crippen LogP contribution in [0.5, 0.6) is 0 Å². The number of hydrogen-bond donors (Lipinski definition) is 2. The molecule has 3 atom stereocenters. The molecule has 5 aromatic rings. The van der Waals surface area contributed by atoms with Gasteiger partial charge < -0.3 is 19.9 Å². The van der Waals surface area contributed by atoms with Crippen molar-refractivity contribution in [2.45, 2.75) is 44.6 Å². The molecule has 0 bridgehead atoms. The number of nitrogens with zero attached hydrogens (tertiary/aromatic N) is 3. The van der Waals surface area contributed by atoms with Crippen LogP contribution in [0.4, 0.5) is 0 Å². The molecule has 0 unspecified atom stereocenters. The number of carbonyl (C=O) groups is 1. The number of rotatable bonds is 11. The molecule has 2 saturated heterocycles. The summed E-state index contributed by atoms with van der Waals surface area (Å²) in [7, 11) is 0. The molecular weight excluding hydrogens is 624 g/mol. The zero-order chi connectivity index (χ0) is 34.1. The van der Waals surface area contributed by atoms with Gasteiger partial charge in [-0.05, 0) is 51.6 Å². The van der Waals surface area contributed by atoms with Crippen LogP contribution < -0.4 is 5.32 Å². The van der Waals surface area contributed by atoms with Crippen molar-refractivity contribution in [1.29, 1.82) is 0 Å². The minimum Gasteiger partial charge on any atom is -0.392 e. The smallest absolute Gasteiger partial charge is 0.253 e. The predicted octanol–water partition coefficient (Wildman–Crippen LogP) is 6.53. The molecule has 3 heterocycles. The second-order valence-electron chi connectivity index (χ2n) is 13.2. The standard InChI is InChI=1S/C42H44N4O4/c47-30-32-11-13-35(14-12-32)40-25-39(29-46-22-20-45(21-23-46)28-31-6-2-1-3-7-31)49-42(50-40)36-17-15-34(16-18-36)37-9-4-8-33(24-37)26-44-41(48)38-10-5-19-43-27-38/h1-19,24,27,39-40,42,47H,20-23,25-26,28-30H2,(H,44,48)/t39-,40+,42+/m1/s1. The van der Waals surface area contributed by atoms with Crippen molar-refractivity contribution in [3.63, 3.8) is 0 Å². The van der Waals surface area contributed by atoms with Crippen LogP contribution in [0.25, 0.3) is 11.1 Å².